The molecule has 1 atom stereocenters. The Labute approximate surface area is 78.9 Å². The van der Waals surface area contributed by atoms with Gasteiger partial charge in [0.15, 0.2) is 5.79 Å². The van der Waals surface area contributed by atoms with Crippen LogP contribution >= 0.6 is 0 Å². The summed E-state index contributed by atoms with van der Waals surface area (Å²) in [5.41, 5.74) is 0. The topological polar surface area (TPSA) is 42.2 Å². The lowest BCUT2D eigenvalue weighted by Crippen LogP contribution is -2.20. The lowest BCUT2D eigenvalue weighted by atomic mass is 10.2. The molecule has 3 nitrogen and oxygen atoms in total. The summed E-state index contributed by atoms with van der Waals surface area (Å²) in [5, 5.41) is 8.30. The van der Waals surface area contributed by atoms with Gasteiger partial charge in [0.1, 0.15) is 6.10 Å². The van der Waals surface area contributed by atoms with Gasteiger partial charge < -0.3 is 9.47 Å². The third-order valence-corrected chi connectivity index (χ3v) is 1.80. The molecule has 0 amide bonds. The normalized spacial score (nSPS) is 26.4. The molecular formula is C10H15NO2. The summed E-state index contributed by atoms with van der Waals surface area (Å²) in [7, 11) is 0. The van der Waals surface area contributed by atoms with Gasteiger partial charge in [0.05, 0.1) is 12.7 Å². The van der Waals surface area contributed by atoms with E-state index in [4.69, 9.17) is 14.7 Å². The van der Waals surface area contributed by atoms with Crippen LogP contribution in [-0.2, 0) is 9.47 Å². The Balaban J connectivity index is 2.25. The first kappa shape index (κ1) is 10.2. The van der Waals surface area contributed by atoms with E-state index < -0.39 is 5.79 Å². The lowest BCUT2D eigenvalue weighted by molar-refractivity contribution is -0.133. The van der Waals surface area contributed by atoms with Gasteiger partial charge in [0.25, 0.3) is 0 Å². The highest BCUT2D eigenvalue weighted by Gasteiger charge is 2.30. The average Bonchev–Trinajstić information content (AvgIpc) is 2.40. The van der Waals surface area contributed by atoms with Crippen molar-refractivity contribution in [1.82, 2.24) is 0 Å². The summed E-state index contributed by atoms with van der Waals surface area (Å²) in [4.78, 5) is 0. The monoisotopic (exact) mass is 181 g/mol. The lowest BCUT2D eigenvalue weighted by Gasteiger charge is -2.15. The highest BCUT2D eigenvalue weighted by Crippen LogP contribution is 2.22. The molecule has 1 heterocycles. The minimum absolute atomic E-state index is 0.0497. The summed E-state index contributed by atoms with van der Waals surface area (Å²) in [6.07, 6.45) is 5.34. The SMILES string of the molecule is CC1(C)OC[C@H](/C=C\CCC#N)O1. The molecule has 0 spiro atoms. The van der Waals surface area contributed by atoms with Gasteiger partial charge in [-0.1, -0.05) is 12.2 Å². The summed E-state index contributed by atoms with van der Waals surface area (Å²) < 4.78 is 10.9. The second-order valence-corrected chi connectivity index (χ2v) is 3.49. The molecule has 1 aliphatic heterocycles. The van der Waals surface area contributed by atoms with E-state index in [2.05, 4.69) is 6.07 Å². The van der Waals surface area contributed by atoms with Gasteiger partial charge in [0.2, 0.25) is 0 Å². The summed E-state index contributed by atoms with van der Waals surface area (Å²) in [6.45, 7) is 4.41. The maximum atomic E-state index is 8.30. The molecule has 1 fully saturated rings. The van der Waals surface area contributed by atoms with Gasteiger partial charge in [-0.15, -0.1) is 0 Å². The van der Waals surface area contributed by atoms with Crippen LogP contribution < -0.4 is 0 Å². The number of nitrogens with zero attached hydrogens (tertiary/aromatic N) is 1. The maximum Gasteiger partial charge on any atom is 0.163 e. The third-order valence-electron chi connectivity index (χ3n) is 1.80. The van der Waals surface area contributed by atoms with E-state index in [1.54, 1.807) is 0 Å². The maximum absolute atomic E-state index is 8.30. The van der Waals surface area contributed by atoms with E-state index in [-0.39, 0.29) is 6.10 Å². The van der Waals surface area contributed by atoms with Crippen LogP contribution in [0.1, 0.15) is 26.7 Å². The molecule has 0 aromatic carbocycles. The molecular weight excluding hydrogens is 166 g/mol. The van der Waals surface area contributed by atoms with Gasteiger partial charge in [-0.05, 0) is 20.3 Å². The van der Waals surface area contributed by atoms with E-state index in [9.17, 15) is 0 Å². The van der Waals surface area contributed by atoms with Gasteiger partial charge in [-0.25, -0.2) is 0 Å². The minimum Gasteiger partial charge on any atom is -0.347 e. The van der Waals surface area contributed by atoms with Crippen molar-refractivity contribution in [2.24, 2.45) is 0 Å². The molecule has 1 rings (SSSR count). The first-order chi connectivity index (χ1) is 6.14. The first-order valence-corrected chi connectivity index (χ1v) is 4.49. The summed E-state index contributed by atoms with van der Waals surface area (Å²) >= 11 is 0. The molecule has 0 bridgehead atoms. The van der Waals surface area contributed by atoms with Gasteiger partial charge in [-0.3, -0.25) is 0 Å². The zero-order chi connectivity index (χ0) is 9.73. The second-order valence-electron chi connectivity index (χ2n) is 3.49. The van der Waals surface area contributed by atoms with Crippen molar-refractivity contribution in [1.29, 1.82) is 5.26 Å². The highest BCUT2D eigenvalue weighted by molar-refractivity contribution is 4.94. The number of ether oxygens (including phenoxy) is 2. The van der Waals surface area contributed by atoms with E-state index in [1.807, 2.05) is 26.0 Å². The van der Waals surface area contributed by atoms with Crippen LogP contribution in [0.2, 0.25) is 0 Å². The van der Waals surface area contributed by atoms with Crippen LogP contribution in [-0.4, -0.2) is 18.5 Å². The molecule has 0 aliphatic carbocycles. The molecule has 0 saturated carbocycles. The van der Waals surface area contributed by atoms with E-state index in [0.29, 0.717) is 13.0 Å². The van der Waals surface area contributed by atoms with Gasteiger partial charge >= 0.3 is 0 Å². The molecule has 3 heteroatoms. The summed E-state index contributed by atoms with van der Waals surface area (Å²) in [6, 6.07) is 2.09. The van der Waals surface area contributed by atoms with Gasteiger partial charge in [-0.2, -0.15) is 5.26 Å². The first-order valence-electron chi connectivity index (χ1n) is 4.49. The fraction of sp³-hybridized carbons (Fsp3) is 0.700. The molecule has 0 radical (unpaired) electrons. The Morgan fingerprint density at radius 2 is 2.38 bits per heavy atom. The minimum atomic E-state index is -0.454. The fourth-order valence-electron chi connectivity index (χ4n) is 1.21. The fourth-order valence-corrected chi connectivity index (χ4v) is 1.21. The van der Waals surface area contributed by atoms with E-state index >= 15 is 0 Å². The number of hydrogen-bond acceptors (Lipinski definition) is 3. The van der Waals surface area contributed by atoms with Crippen molar-refractivity contribution >= 4 is 0 Å². The van der Waals surface area contributed by atoms with Crippen LogP contribution in [0.3, 0.4) is 0 Å². The molecule has 1 saturated heterocycles. The zero-order valence-electron chi connectivity index (χ0n) is 8.12. The average molecular weight is 181 g/mol. The van der Waals surface area contributed by atoms with E-state index in [0.717, 1.165) is 6.42 Å². The molecule has 72 valence electrons. The Hall–Kier alpha value is -0.850. The van der Waals surface area contributed by atoms with Crippen molar-refractivity contribution in [3.05, 3.63) is 12.2 Å². The standard InChI is InChI=1S/C10H15NO2/c1-10(2)12-8-9(13-10)6-4-3-5-7-11/h4,6,9H,3,5,8H2,1-2H3/b6-4-/t9-/m0/s1. The van der Waals surface area contributed by atoms with Crippen LogP contribution in [0.25, 0.3) is 0 Å². The predicted octanol–water partition coefficient (Wildman–Crippen LogP) is 2.00. The third kappa shape index (κ3) is 3.58. The van der Waals surface area contributed by atoms with Crippen LogP contribution in [0.15, 0.2) is 12.2 Å². The van der Waals surface area contributed by atoms with Crippen LogP contribution in [0.5, 0.6) is 0 Å². The largest absolute Gasteiger partial charge is 0.347 e. The Bertz CT molecular complexity index is 228. The second kappa shape index (κ2) is 4.40. The van der Waals surface area contributed by atoms with Crippen molar-refractivity contribution in [3.8, 4) is 6.07 Å². The highest BCUT2D eigenvalue weighted by atomic mass is 16.7. The quantitative estimate of drug-likeness (QED) is 0.494. The van der Waals surface area contributed by atoms with Crippen molar-refractivity contribution in [2.75, 3.05) is 6.61 Å². The Morgan fingerprint density at radius 3 is 2.92 bits per heavy atom. The van der Waals surface area contributed by atoms with Crippen LogP contribution in [0.4, 0.5) is 0 Å². The smallest absolute Gasteiger partial charge is 0.163 e. The van der Waals surface area contributed by atoms with Gasteiger partial charge in [0, 0.05) is 6.42 Å². The Kier molecular flexibility index (Phi) is 3.47. The number of hydrogen-bond donors (Lipinski definition) is 0. The van der Waals surface area contributed by atoms with Crippen molar-refractivity contribution in [3.63, 3.8) is 0 Å². The molecule has 0 aromatic heterocycles. The van der Waals surface area contributed by atoms with Crippen LogP contribution in [0, 0.1) is 11.3 Å². The number of rotatable bonds is 3. The van der Waals surface area contributed by atoms with Crippen molar-refractivity contribution in [2.45, 2.75) is 38.6 Å². The molecule has 0 N–H and O–H groups in total. The summed E-state index contributed by atoms with van der Waals surface area (Å²) in [5.74, 6) is -0.454. The molecule has 0 aromatic rings. The zero-order valence-corrected chi connectivity index (χ0v) is 8.12. The van der Waals surface area contributed by atoms with E-state index in [1.165, 1.54) is 0 Å². The predicted molar refractivity (Wildman–Crippen MR) is 48.9 cm³/mol. The number of allylic oxidation sites excluding steroid dienone is 1. The number of nitriles is 1. The Morgan fingerprint density at radius 1 is 1.62 bits per heavy atom. The number of unbranched alkanes of at least 4 members (excludes halogenated alkanes) is 1. The van der Waals surface area contributed by atoms with Crippen molar-refractivity contribution < 1.29 is 9.47 Å². The molecule has 0 unspecified atom stereocenters. The molecule has 13 heavy (non-hydrogen) atoms. The molecule has 1 aliphatic rings.